The minimum Gasteiger partial charge on any atom is -0.497 e. The molecule has 3 fully saturated rings. The van der Waals surface area contributed by atoms with Gasteiger partial charge in [-0.2, -0.15) is 0 Å². The Balaban J connectivity index is 1.40. The maximum Gasteiger partial charge on any atom is 0.253 e. The predicted molar refractivity (Wildman–Crippen MR) is 104 cm³/mol. The van der Waals surface area contributed by atoms with Gasteiger partial charge in [0, 0.05) is 56.9 Å². The minimum atomic E-state index is -0.166. The first kappa shape index (κ1) is 19.2. The maximum atomic E-state index is 12.8. The van der Waals surface area contributed by atoms with Gasteiger partial charge in [0.15, 0.2) is 0 Å². The summed E-state index contributed by atoms with van der Waals surface area (Å²) in [7, 11) is 3.32. The van der Waals surface area contributed by atoms with Crippen LogP contribution in [0.4, 0.5) is 0 Å². The molecule has 7 nitrogen and oxygen atoms in total. The molecule has 4 rings (SSSR count). The highest BCUT2D eigenvalue weighted by Crippen LogP contribution is 2.44. The highest BCUT2D eigenvalue weighted by molar-refractivity contribution is 5.94. The fourth-order valence-electron chi connectivity index (χ4n) is 5.07. The lowest BCUT2D eigenvalue weighted by atomic mass is 9.75. The lowest BCUT2D eigenvalue weighted by Gasteiger charge is -2.42. The molecule has 1 spiro atoms. The number of amides is 2. The van der Waals surface area contributed by atoms with Crippen molar-refractivity contribution in [3.05, 3.63) is 29.8 Å². The summed E-state index contributed by atoms with van der Waals surface area (Å²) >= 11 is 0. The third-order valence-corrected chi connectivity index (χ3v) is 6.71. The number of nitrogens with zero attached hydrogens (tertiary/aromatic N) is 2. The quantitative estimate of drug-likeness (QED) is 0.816. The number of nitrogens with one attached hydrogen (secondary N) is 1. The van der Waals surface area contributed by atoms with Crippen LogP contribution in [-0.2, 0) is 9.53 Å². The van der Waals surface area contributed by atoms with E-state index < -0.39 is 0 Å². The number of carbonyl (C=O) groups is 2. The van der Waals surface area contributed by atoms with Gasteiger partial charge in [-0.15, -0.1) is 0 Å². The van der Waals surface area contributed by atoms with E-state index in [4.69, 9.17) is 9.47 Å². The highest BCUT2D eigenvalue weighted by Gasteiger charge is 2.57. The van der Waals surface area contributed by atoms with E-state index in [-0.39, 0.29) is 23.3 Å². The van der Waals surface area contributed by atoms with Crippen molar-refractivity contribution >= 4 is 11.8 Å². The number of methoxy groups -OCH3 is 2. The fourth-order valence-corrected chi connectivity index (χ4v) is 5.07. The van der Waals surface area contributed by atoms with E-state index in [1.807, 2.05) is 29.2 Å². The summed E-state index contributed by atoms with van der Waals surface area (Å²) in [4.78, 5) is 29.7. The summed E-state index contributed by atoms with van der Waals surface area (Å²) in [6.45, 7) is 4.65. The first-order chi connectivity index (χ1) is 13.6. The molecule has 3 aliphatic rings. The molecule has 2 atom stereocenters. The molecule has 1 N–H and O–H groups in total. The topological polar surface area (TPSA) is 71.1 Å². The summed E-state index contributed by atoms with van der Waals surface area (Å²) in [5, 5.41) is 3.31. The van der Waals surface area contributed by atoms with Gasteiger partial charge in [-0.3, -0.25) is 14.5 Å². The highest BCUT2D eigenvalue weighted by atomic mass is 16.5. The first-order valence-electron chi connectivity index (χ1n) is 10.0. The van der Waals surface area contributed by atoms with Crippen LogP contribution in [0.5, 0.6) is 5.75 Å². The number of piperidine rings is 1. The van der Waals surface area contributed by atoms with Crippen molar-refractivity contribution < 1.29 is 19.1 Å². The Morgan fingerprint density at radius 3 is 2.54 bits per heavy atom. The van der Waals surface area contributed by atoms with Gasteiger partial charge < -0.3 is 19.7 Å². The molecule has 0 bridgehead atoms. The minimum absolute atomic E-state index is 0.0477. The van der Waals surface area contributed by atoms with Gasteiger partial charge in [0.05, 0.1) is 19.6 Å². The molecule has 1 aromatic carbocycles. The predicted octanol–water partition coefficient (Wildman–Crippen LogP) is 0.994. The molecule has 28 heavy (non-hydrogen) atoms. The normalized spacial score (nSPS) is 26.4. The van der Waals surface area contributed by atoms with Crippen molar-refractivity contribution in [2.75, 3.05) is 53.6 Å². The summed E-state index contributed by atoms with van der Waals surface area (Å²) in [5.74, 6) is 1.37. The molecule has 2 amide bonds. The zero-order valence-corrected chi connectivity index (χ0v) is 16.6. The Morgan fingerprint density at radius 1 is 1.18 bits per heavy atom. The Hall–Kier alpha value is -2.12. The van der Waals surface area contributed by atoms with E-state index in [0.29, 0.717) is 31.2 Å². The lowest BCUT2D eigenvalue weighted by Crippen LogP contribution is -2.56. The molecule has 3 saturated heterocycles. The average Bonchev–Trinajstić information content (AvgIpc) is 3.26. The molecule has 1 aromatic rings. The van der Waals surface area contributed by atoms with Crippen molar-refractivity contribution in [2.45, 2.75) is 18.4 Å². The van der Waals surface area contributed by atoms with Crippen LogP contribution in [0.2, 0.25) is 0 Å². The average molecular weight is 387 g/mol. The number of hydrogen-bond donors (Lipinski definition) is 1. The summed E-state index contributed by atoms with van der Waals surface area (Å²) < 4.78 is 10.4. The van der Waals surface area contributed by atoms with Crippen LogP contribution in [0, 0.1) is 11.8 Å². The van der Waals surface area contributed by atoms with E-state index in [2.05, 4.69) is 10.2 Å². The number of hydrogen-bond acceptors (Lipinski definition) is 5. The van der Waals surface area contributed by atoms with Crippen LogP contribution in [0.25, 0.3) is 0 Å². The number of likely N-dealkylation sites (tertiary alicyclic amines) is 2. The smallest absolute Gasteiger partial charge is 0.253 e. The van der Waals surface area contributed by atoms with Gasteiger partial charge in [0.25, 0.3) is 5.91 Å². The molecular weight excluding hydrogens is 358 g/mol. The molecule has 3 heterocycles. The van der Waals surface area contributed by atoms with Crippen LogP contribution in [0.1, 0.15) is 23.2 Å². The molecular formula is C21H29N3O4. The van der Waals surface area contributed by atoms with Gasteiger partial charge in [0.1, 0.15) is 5.75 Å². The van der Waals surface area contributed by atoms with E-state index >= 15 is 0 Å². The molecule has 0 radical (unpaired) electrons. The second kappa shape index (κ2) is 7.72. The third kappa shape index (κ3) is 3.37. The molecule has 3 aliphatic heterocycles. The van der Waals surface area contributed by atoms with E-state index in [9.17, 15) is 9.59 Å². The van der Waals surface area contributed by atoms with Crippen LogP contribution in [0.15, 0.2) is 24.3 Å². The number of rotatable bonds is 5. The molecule has 0 unspecified atom stereocenters. The second-order valence-electron chi connectivity index (χ2n) is 8.13. The molecule has 7 heteroatoms. The van der Waals surface area contributed by atoms with Gasteiger partial charge in [0.2, 0.25) is 5.91 Å². The van der Waals surface area contributed by atoms with Crippen molar-refractivity contribution in [2.24, 2.45) is 11.8 Å². The number of fused-ring (bicyclic) bond motifs is 2. The van der Waals surface area contributed by atoms with Gasteiger partial charge in [-0.05, 0) is 37.1 Å². The Morgan fingerprint density at radius 2 is 1.89 bits per heavy atom. The van der Waals surface area contributed by atoms with Crippen LogP contribution < -0.4 is 10.1 Å². The van der Waals surface area contributed by atoms with Gasteiger partial charge >= 0.3 is 0 Å². The molecule has 152 valence electrons. The molecule has 0 saturated carbocycles. The number of carbonyl (C=O) groups excluding carboxylic acids is 2. The molecule has 0 aliphatic carbocycles. The summed E-state index contributed by atoms with van der Waals surface area (Å²) in [6, 6.07) is 7.24. The Labute approximate surface area is 166 Å². The zero-order valence-electron chi connectivity index (χ0n) is 16.6. The largest absolute Gasteiger partial charge is 0.497 e. The summed E-state index contributed by atoms with van der Waals surface area (Å²) in [6.07, 6.45) is 1.64. The molecule has 0 aromatic heterocycles. The first-order valence-corrected chi connectivity index (χ1v) is 10.0. The lowest BCUT2D eigenvalue weighted by molar-refractivity contribution is -0.123. The number of ether oxygens (including phenoxy) is 2. The SMILES string of the molecule is COCCN1C[C@H]2C(=O)NC3(CCN(C(=O)c4ccc(OC)cc4)CC3)[C@H]2C1. The van der Waals surface area contributed by atoms with Crippen molar-refractivity contribution in [3.63, 3.8) is 0 Å². The van der Waals surface area contributed by atoms with Crippen LogP contribution in [-0.4, -0.2) is 80.7 Å². The number of benzene rings is 1. The van der Waals surface area contributed by atoms with E-state index in [1.54, 1.807) is 14.2 Å². The maximum absolute atomic E-state index is 12.8. The van der Waals surface area contributed by atoms with Crippen LogP contribution in [0.3, 0.4) is 0 Å². The van der Waals surface area contributed by atoms with Crippen molar-refractivity contribution in [1.29, 1.82) is 0 Å². The van der Waals surface area contributed by atoms with E-state index in [1.165, 1.54) is 0 Å². The monoisotopic (exact) mass is 387 g/mol. The van der Waals surface area contributed by atoms with Crippen LogP contribution >= 0.6 is 0 Å². The summed E-state index contributed by atoms with van der Waals surface area (Å²) in [5.41, 5.74) is 0.511. The fraction of sp³-hybridized carbons (Fsp3) is 0.619. The van der Waals surface area contributed by atoms with Gasteiger partial charge in [-0.25, -0.2) is 0 Å². The Bertz CT molecular complexity index is 728. The van der Waals surface area contributed by atoms with Crippen molar-refractivity contribution in [1.82, 2.24) is 15.1 Å². The standard InChI is InChI=1S/C21H29N3O4/c1-27-12-11-23-13-17-18(14-23)21(22-19(17)25)7-9-24(10-8-21)20(26)15-3-5-16(28-2)6-4-15/h3-6,17-18H,7-14H2,1-2H3,(H,22,25)/t17-,18+/m1/s1. The van der Waals surface area contributed by atoms with E-state index in [0.717, 1.165) is 38.2 Å². The Kier molecular flexibility index (Phi) is 5.29. The second-order valence-corrected chi connectivity index (χ2v) is 8.13. The third-order valence-electron chi connectivity index (χ3n) is 6.71. The zero-order chi connectivity index (χ0) is 19.7. The van der Waals surface area contributed by atoms with Gasteiger partial charge in [-0.1, -0.05) is 0 Å². The van der Waals surface area contributed by atoms with Crippen molar-refractivity contribution in [3.8, 4) is 5.75 Å².